The summed E-state index contributed by atoms with van der Waals surface area (Å²) >= 11 is 0. The molecule has 0 amide bonds. The van der Waals surface area contributed by atoms with Crippen LogP contribution in [0.5, 0.6) is 0 Å². The average molecular weight is 296 g/mol. The Balaban J connectivity index is 2.11. The molecule has 1 heterocycles. The Hall–Kier alpha value is -2.09. The number of hydrogen-bond acceptors (Lipinski definition) is 6. The van der Waals surface area contributed by atoms with E-state index in [0.717, 1.165) is 11.9 Å². The standard InChI is InChI=1S/C12H16N4O3S/c1-8(12-14-9(2)15-19-12)13-10-5-4-6-11(7-10)16-20(3,17)18/h4-8,13,16H,1-3H3. The average Bonchev–Trinajstić information content (AvgIpc) is 2.74. The highest BCUT2D eigenvalue weighted by Crippen LogP contribution is 2.21. The van der Waals surface area contributed by atoms with Gasteiger partial charge in [0.05, 0.1) is 11.9 Å². The zero-order valence-electron chi connectivity index (χ0n) is 11.4. The number of aryl methyl sites for hydroxylation is 1. The molecule has 0 spiro atoms. The summed E-state index contributed by atoms with van der Waals surface area (Å²) in [6.07, 6.45) is 1.11. The number of nitrogens with one attached hydrogen (secondary N) is 2. The molecule has 108 valence electrons. The third-order valence-corrected chi connectivity index (χ3v) is 3.07. The molecule has 2 N–H and O–H groups in total. The largest absolute Gasteiger partial charge is 0.374 e. The van der Waals surface area contributed by atoms with E-state index in [2.05, 4.69) is 20.2 Å². The Morgan fingerprint density at radius 3 is 2.60 bits per heavy atom. The first-order chi connectivity index (χ1) is 9.33. The van der Waals surface area contributed by atoms with Gasteiger partial charge in [0.1, 0.15) is 6.04 Å². The molecule has 1 aromatic carbocycles. The number of sulfonamides is 1. The highest BCUT2D eigenvalue weighted by atomic mass is 32.2. The maximum Gasteiger partial charge on any atom is 0.248 e. The molecule has 0 aliphatic heterocycles. The number of anilines is 2. The molecule has 8 heteroatoms. The van der Waals surface area contributed by atoms with E-state index in [1.54, 1.807) is 25.1 Å². The molecule has 20 heavy (non-hydrogen) atoms. The Labute approximate surface area is 117 Å². The summed E-state index contributed by atoms with van der Waals surface area (Å²) < 4.78 is 29.9. The number of nitrogens with zero attached hydrogens (tertiary/aromatic N) is 2. The molecular weight excluding hydrogens is 280 g/mol. The molecule has 0 fully saturated rings. The van der Waals surface area contributed by atoms with Gasteiger partial charge in [0.2, 0.25) is 15.9 Å². The fourth-order valence-corrected chi connectivity index (χ4v) is 2.24. The molecule has 0 aliphatic rings. The van der Waals surface area contributed by atoms with Crippen LogP contribution in [-0.2, 0) is 10.0 Å². The first kappa shape index (κ1) is 14.3. The summed E-state index contributed by atoms with van der Waals surface area (Å²) in [5, 5.41) is 6.89. The molecule has 0 saturated carbocycles. The van der Waals surface area contributed by atoms with Crippen molar-refractivity contribution < 1.29 is 12.9 Å². The van der Waals surface area contributed by atoms with Gasteiger partial charge in [-0.15, -0.1) is 0 Å². The highest BCUT2D eigenvalue weighted by Gasteiger charge is 2.12. The summed E-state index contributed by atoms with van der Waals surface area (Å²) in [5.74, 6) is 1.05. The fraction of sp³-hybridized carbons (Fsp3) is 0.333. The van der Waals surface area contributed by atoms with Crippen LogP contribution in [0.3, 0.4) is 0 Å². The molecule has 7 nitrogen and oxygen atoms in total. The van der Waals surface area contributed by atoms with Crippen LogP contribution in [0.4, 0.5) is 11.4 Å². The van der Waals surface area contributed by atoms with Crippen LogP contribution in [0.1, 0.15) is 24.7 Å². The van der Waals surface area contributed by atoms with Gasteiger partial charge in [0.25, 0.3) is 0 Å². The Morgan fingerprint density at radius 2 is 2.00 bits per heavy atom. The third kappa shape index (κ3) is 3.95. The molecule has 0 bridgehead atoms. The summed E-state index contributed by atoms with van der Waals surface area (Å²) in [5.41, 5.74) is 1.24. The van der Waals surface area contributed by atoms with Gasteiger partial charge in [-0.1, -0.05) is 11.2 Å². The van der Waals surface area contributed by atoms with Crippen LogP contribution >= 0.6 is 0 Å². The van der Waals surface area contributed by atoms with Gasteiger partial charge in [-0.3, -0.25) is 4.72 Å². The van der Waals surface area contributed by atoms with Crippen LogP contribution in [0, 0.1) is 6.92 Å². The van der Waals surface area contributed by atoms with E-state index in [-0.39, 0.29) is 6.04 Å². The minimum atomic E-state index is -3.29. The lowest BCUT2D eigenvalue weighted by Crippen LogP contribution is -2.10. The lowest BCUT2D eigenvalue weighted by Gasteiger charge is -2.12. The molecular formula is C12H16N4O3S. The molecule has 0 radical (unpaired) electrons. The van der Waals surface area contributed by atoms with Gasteiger partial charge in [-0.05, 0) is 32.0 Å². The van der Waals surface area contributed by atoms with Crippen LogP contribution in [0.15, 0.2) is 28.8 Å². The van der Waals surface area contributed by atoms with Crippen LogP contribution in [-0.4, -0.2) is 24.8 Å². The van der Waals surface area contributed by atoms with Crippen molar-refractivity contribution in [2.45, 2.75) is 19.9 Å². The minimum absolute atomic E-state index is 0.176. The van der Waals surface area contributed by atoms with E-state index in [9.17, 15) is 8.42 Å². The smallest absolute Gasteiger partial charge is 0.248 e. The summed E-state index contributed by atoms with van der Waals surface area (Å²) in [4.78, 5) is 4.14. The van der Waals surface area contributed by atoms with Crippen LogP contribution < -0.4 is 10.0 Å². The van der Waals surface area contributed by atoms with Crippen LogP contribution in [0.2, 0.25) is 0 Å². The van der Waals surface area contributed by atoms with Crippen molar-refractivity contribution in [2.75, 3.05) is 16.3 Å². The monoisotopic (exact) mass is 296 g/mol. The van der Waals surface area contributed by atoms with Gasteiger partial charge >= 0.3 is 0 Å². The predicted octanol–water partition coefficient (Wildman–Crippen LogP) is 1.92. The molecule has 2 rings (SSSR count). The second-order valence-corrected chi connectivity index (χ2v) is 6.25. The van der Waals surface area contributed by atoms with E-state index < -0.39 is 10.0 Å². The van der Waals surface area contributed by atoms with Gasteiger partial charge in [-0.25, -0.2) is 8.42 Å². The maximum atomic E-state index is 11.2. The molecule has 1 atom stereocenters. The van der Waals surface area contributed by atoms with E-state index in [1.165, 1.54) is 0 Å². The van der Waals surface area contributed by atoms with Crippen molar-refractivity contribution >= 4 is 21.4 Å². The van der Waals surface area contributed by atoms with Crippen molar-refractivity contribution in [2.24, 2.45) is 0 Å². The van der Waals surface area contributed by atoms with Crippen molar-refractivity contribution in [1.29, 1.82) is 0 Å². The van der Waals surface area contributed by atoms with Crippen molar-refractivity contribution in [3.63, 3.8) is 0 Å². The summed E-state index contributed by atoms with van der Waals surface area (Å²) in [6.45, 7) is 3.62. The zero-order valence-corrected chi connectivity index (χ0v) is 12.2. The van der Waals surface area contributed by atoms with Crippen molar-refractivity contribution in [1.82, 2.24) is 10.1 Å². The van der Waals surface area contributed by atoms with Gasteiger partial charge in [0.15, 0.2) is 5.82 Å². The molecule has 1 aromatic heterocycles. The second-order valence-electron chi connectivity index (χ2n) is 4.50. The van der Waals surface area contributed by atoms with Gasteiger partial charge in [-0.2, -0.15) is 4.98 Å². The Morgan fingerprint density at radius 1 is 1.30 bits per heavy atom. The van der Waals surface area contributed by atoms with E-state index in [0.29, 0.717) is 17.4 Å². The number of rotatable bonds is 5. The lowest BCUT2D eigenvalue weighted by atomic mass is 10.2. The predicted molar refractivity (Wildman–Crippen MR) is 76.0 cm³/mol. The topological polar surface area (TPSA) is 97.1 Å². The van der Waals surface area contributed by atoms with Crippen LogP contribution in [0.25, 0.3) is 0 Å². The van der Waals surface area contributed by atoms with E-state index in [1.807, 2.05) is 13.0 Å². The molecule has 2 aromatic rings. The van der Waals surface area contributed by atoms with Gasteiger partial charge in [0, 0.05) is 5.69 Å². The van der Waals surface area contributed by atoms with E-state index >= 15 is 0 Å². The second kappa shape index (κ2) is 5.49. The first-order valence-corrected chi connectivity index (χ1v) is 7.87. The zero-order chi connectivity index (χ0) is 14.8. The fourth-order valence-electron chi connectivity index (χ4n) is 1.69. The minimum Gasteiger partial charge on any atom is -0.374 e. The molecule has 1 unspecified atom stereocenters. The first-order valence-electron chi connectivity index (χ1n) is 5.98. The highest BCUT2D eigenvalue weighted by molar-refractivity contribution is 7.92. The Bertz CT molecular complexity index is 696. The van der Waals surface area contributed by atoms with E-state index in [4.69, 9.17) is 4.52 Å². The van der Waals surface area contributed by atoms with Crippen molar-refractivity contribution in [3.05, 3.63) is 36.0 Å². The SMILES string of the molecule is Cc1noc(C(C)Nc2cccc(NS(C)(=O)=O)c2)n1. The number of hydrogen-bond donors (Lipinski definition) is 2. The maximum absolute atomic E-state index is 11.2. The Kier molecular flexibility index (Phi) is 3.93. The molecule has 0 aliphatic carbocycles. The third-order valence-electron chi connectivity index (χ3n) is 2.46. The summed E-state index contributed by atoms with van der Waals surface area (Å²) in [6, 6.07) is 6.77. The van der Waals surface area contributed by atoms with Gasteiger partial charge < -0.3 is 9.84 Å². The number of benzene rings is 1. The van der Waals surface area contributed by atoms with Crippen molar-refractivity contribution in [3.8, 4) is 0 Å². The molecule has 0 saturated heterocycles. The summed E-state index contributed by atoms with van der Waals surface area (Å²) in [7, 11) is -3.29. The number of aromatic nitrogens is 2. The lowest BCUT2D eigenvalue weighted by molar-refractivity contribution is 0.364. The normalized spacial score (nSPS) is 12.9. The quantitative estimate of drug-likeness (QED) is 0.875.